The first kappa shape index (κ1) is 18.1. The molecule has 146 valence electrons. The van der Waals surface area contributed by atoms with Crippen molar-refractivity contribution in [2.45, 2.75) is 12.8 Å². The van der Waals surface area contributed by atoms with Gasteiger partial charge in [-0.1, -0.05) is 18.1 Å². The van der Waals surface area contributed by atoms with Gasteiger partial charge in [0, 0.05) is 46.9 Å². The van der Waals surface area contributed by atoms with Crippen LogP contribution in [0.25, 0.3) is 21.8 Å². The average Bonchev–Trinajstić information content (AvgIpc) is 3.33. The molecular weight excluding hydrogens is 374 g/mol. The van der Waals surface area contributed by atoms with E-state index < -0.39 is 0 Å². The van der Waals surface area contributed by atoms with Crippen LogP contribution in [-0.4, -0.2) is 38.8 Å². The summed E-state index contributed by atoms with van der Waals surface area (Å²) < 4.78 is 0. The summed E-state index contributed by atoms with van der Waals surface area (Å²) in [5.41, 5.74) is 3.67. The third kappa shape index (κ3) is 3.20. The number of hydrogen-bond donors (Lipinski definition) is 1. The molecule has 1 aliphatic heterocycles. The number of nitrogens with zero attached hydrogens (tertiary/aromatic N) is 4. The van der Waals surface area contributed by atoms with Crippen LogP contribution in [0.4, 0.5) is 11.5 Å². The van der Waals surface area contributed by atoms with E-state index in [9.17, 15) is 4.79 Å². The number of likely N-dealkylation sites (tertiary alicyclic amines) is 1. The van der Waals surface area contributed by atoms with Crippen molar-refractivity contribution in [1.29, 1.82) is 0 Å². The van der Waals surface area contributed by atoms with Gasteiger partial charge in [-0.3, -0.25) is 4.79 Å². The van der Waals surface area contributed by atoms with Gasteiger partial charge in [0.1, 0.15) is 11.8 Å². The van der Waals surface area contributed by atoms with Crippen molar-refractivity contribution in [3.63, 3.8) is 0 Å². The lowest BCUT2D eigenvalue weighted by molar-refractivity contribution is 0.0793. The van der Waals surface area contributed by atoms with Gasteiger partial charge < -0.3 is 10.2 Å². The lowest BCUT2D eigenvalue weighted by Gasteiger charge is -2.16. The first-order chi connectivity index (χ1) is 14.7. The van der Waals surface area contributed by atoms with E-state index in [1.807, 2.05) is 47.4 Å². The number of terminal acetylenes is 1. The number of pyridine rings is 1. The molecule has 0 atom stereocenters. The standard InChI is InChI=1S/C24H19N5O/c1-2-16-6-5-7-18(12-16)27-23-22-20(14-25-15-26-22)19-9-8-17(13-21(19)28-23)24(30)29-10-3-4-11-29/h1,5-9,12-15H,3-4,10-11H2,(H,27,28). The number of nitrogens with one attached hydrogen (secondary N) is 1. The topological polar surface area (TPSA) is 71.0 Å². The highest BCUT2D eigenvalue weighted by molar-refractivity contribution is 6.10. The Hall–Kier alpha value is -3.98. The minimum Gasteiger partial charge on any atom is -0.339 e. The van der Waals surface area contributed by atoms with E-state index in [2.05, 4.69) is 21.2 Å². The van der Waals surface area contributed by atoms with Crippen molar-refractivity contribution >= 4 is 39.2 Å². The van der Waals surface area contributed by atoms with Gasteiger partial charge in [-0.05, 0) is 43.2 Å². The monoisotopic (exact) mass is 393 g/mol. The van der Waals surface area contributed by atoms with E-state index >= 15 is 0 Å². The van der Waals surface area contributed by atoms with Crippen LogP contribution < -0.4 is 5.32 Å². The molecule has 2 aromatic heterocycles. The van der Waals surface area contributed by atoms with Crippen LogP contribution in [0.2, 0.25) is 0 Å². The molecule has 30 heavy (non-hydrogen) atoms. The fraction of sp³-hybridized carbons (Fsp3) is 0.167. The number of fused-ring (bicyclic) bond motifs is 3. The maximum absolute atomic E-state index is 12.8. The fourth-order valence-electron chi connectivity index (χ4n) is 3.89. The zero-order valence-electron chi connectivity index (χ0n) is 16.3. The number of amides is 1. The van der Waals surface area contributed by atoms with E-state index in [1.54, 1.807) is 6.20 Å². The smallest absolute Gasteiger partial charge is 0.253 e. The number of aromatic nitrogens is 3. The van der Waals surface area contributed by atoms with E-state index in [-0.39, 0.29) is 5.91 Å². The molecule has 0 bridgehead atoms. The van der Waals surface area contributed by atoms with E-state index in [0.29, 0.717) is 16.9 Å². The summed E-state index contributed by atoms with van der Waals surface area (Å²) in [4.78, 5) is 28.2. The average molecular weight is 393 g/mol. The maximum Gasteiger partial charge on any atom is 0.253 e. The molecule has 0 spiro atoms. The number of carbonyl (C=O) groups is 1. The predicted molar refractivity (Wildman–Crippen MR) is 118 cm³/mol. The lowest BCUT2D eigenvalue weighted by Crippen LogP contribution is -2.27. The van der Waals surface area contributed by atoms with Gasteiger partial charge in [0.2, 0.25) is 0 Å². The minimum absolute atomic E-state index is 0.0526. The van der Waals surface area contributed by atoms with Crippen molar-refractivity contribution in [3.8, 4) is 12.3 Å². The normalized spacial score (nSPS) is 13.5. The molecule has 1 aliphatic rings. The third-order valence-electron chi connectivity index (χ3n) is 5.39. The second kappa shape index (κ2) is 7.45. The third-order valence-corrected chi connectivity index (χ3v) is 5.39. The van der Waals surface area contributed by atoms with E-state index in [1.165, 1.54) is 6.33 Å². The van der Waals surface area contributed by atoms with Crippen LogP contribution >= 0.6 is 0 Å². The molecule has 4 aromatic rings. The lowest BCUT2D eigenvalue weighted by atomic mass is 10.1. The summed E-state index contributed by atoms with van der Waals surface area (Å²) >= 11 is 0. The first-order valence-electron chi connectivity index (χ1n) is 9.89. The van der Waals surface area contributed by atoms with Crippen LogP contribution in [0, 0.1) is 12.3 Å². The second-order valence-corrected chi connectivity index (χ2v) is 7.33. The van der Waals surface area contributed by atoms with E-state index in [4.69, 9.17) is 11.4 Å². The second-order valence-electron chi connectivity index (χ2n) is 7.33. The summed E-state index contributed by atoms with van der Waals surface area (Å²) in [7, 11) is 0. The zero-order chi connectivity index (χ0) is 20.5. The first-order valence-corrected chi connectivity index (χ1v) is 9.89. The zero-order valence-corrected chi connectivity index (χ0v) is 16.3. The number of benzene rings is 2. The van der Waals surface area contributed by atoms with Gasteiger partial charge in [-0.25, -0.2) is 15.0 Å². The fourth-order valence-corrected chi connectivity index (χ4v) is 3.89. The van der Waals surface area contributed by atoms with Crippen LogP contribution in [0.3, 0.4) is 0 Å². The Balaban J connectivity index is 1.63. The molecule has 5 rings (SSSR count). The molecular formula is C24H19N5O. The molecule has 0 unspecified atom stereocenters. The van der Waals surface area contributed by atoms with Crippen LogP contribution in [0.1, 0.15) is 28.8 Å². The Bertz CT molecular complexity index is 1320. The van der Waals surface area contributed by atoms with Crippen molar-refractivity contribution in [3.05, 3.63) is 66.1 Å². The Morgan fingerprint density at radius 2 is 1.97 bits per heavy atom. The summed E-state index contributed by atoms with van der Waals surface area (Å²) in [6, 6.07) is 13.2. The highest BCUT2D eigenvalue weighted by Crippen LogP contribution is 2.30. The van der Waals surface area contributed by atoms with Crippen molar-refractivity contribution < 1.29 is 4.79 Å². The molecule has 1 amide bonds. The molecule has 0 saturated carbocycles. The minimum atomic E-state index is 0.0526. The van der Waals surface area contributed by atoms with Gasteiger partial charge in [0.25, 0.3) is 5.91 Å². The van der Waals surface area contributed by atoms with Crippen LogP contribution in [0.5, 0.6) is 0 Å². The quantitative estimate of drug-likeness (QED) is 0.418. The summed E-state index contributed by atoms with van der Waals surface area (Å²) in [6.07, 6.45) is 10.9. The SMILES string of the molecule is C#Cc1cccc(Nc2nc3cc(C(=O)N4CCCC4)ccc3c3cncnc23)c1. The van der Waals surface area contributed by atoms with Crippen molar-refractivity contribution in [2.24, 2.45) is 0 Å². The van der Waals surface area contributed by atoms with Gasteiger partial charge in [-0.15, -0.1) is 6.42 Å². The highest BCUT2D eigenvalue weighted by atomic mass is 16.2. The molecule has 1 N–H and O–H groups in total. The number of carbonyl (C=O) groups excluding carboxylic acids is 1. The molecule has 1 fully saturated rings. The Morgan fingerprint density at radius 3 is 2.80 bits per heavy atom. The summed E-state index contributed by atoms with van der Waals surface area (Å²) in [5, 5.41) is 5.11. The van der Waals surface area contributed by atoms with Crippen molar-refractivity contribution in [2.75, 3.05) is 18.4 Å². The molecule has 0 aliphatic carbocycles. The summed E-state index contributed by atoms with van der Waals surface area (Å²) in [5.74, 6) is 3.29. The molecule has 3 heterocycles. The molecule has 6 heteroatoms. The Labute approximate surface area is 174 Å². The molecule has 2 aromatic carbocycles. The van der Waals surface area contributed by atoms with Crippen molar-refractivity contribution in [1.82, 2.24) is 19.9 Å². The van der Waals surface area contributed by atoms with Gasteiger partial charge in [0.05, 0.1) is 5.52 Å². The number of hydrogen-bond acceptors (Lipinski definition) is 5. The van der Waals surface area contributed by atoms with E-state index in [0.717, 1.165) is 53.5 Å². The highest BCUT2D eigenvalue weighted by Gasteiger charge is 2.20. The molecule has 6 nitrogen and oxygen atoms in total. The van der Waals surface area contributed by atoms with Gasteiger partial charge in [0.15, 0.2) is 5.82 Å². The number of rotatable bonds is 3. The van der Waals surface area contributed by atoms with Crippen LogP contribution in [-0.2, 0) is 0 Å². The van der Waals surface area contributed by atoms with Gasteiger partial charge >= 0.3 is 0 Å². The molecule has 1 saturated heterocycles. The molecule has 0 radical (unpaired) electrons. The Kier molecular flexibility index (Phi) is 4.49. The van der Waals surface area contributed by atoms with Crippen LogP contribution in [0.15, 0.2) is 55.0 Å². The predicted octanol–water partition coefficient (Wildman–Crippen LogP) is 4.14. The Morgan fingerprint density at radius 1 is 1.10 bits per heavy atom. The summed E-state index contributed by atoms with van der Waals surface area (Å²) in [6.45, 7) is 1.63. The number of anilines is 2. The largest absolute Gasteiger partial charge is 0.339 e. The van der Waals surface area contributed by atoms with Gasteiger partial charge in [-0.2, -0.15) is 0 Å². The maximum atomic E-state index is 12.8.